The third-order valence-electron chi connectivity index (χ3n) is 3.04. The minimum absolute atomic E-state index is 0.272. The van der Waals surface area contributed by atoms with E-state index in [1.54, 1.807) is 12.1 Å². The van der Waals surface area contributed by atoms with Crippen LogP contribution in [-0.2, 0) is 0 Å². The molecule has 0 spiro atoms. The van der Waals surface area contributed by atoms with Gasteiger partial charge in [0.15, 0.2) is 11.2 Å². The van der Waals surface area contributed by atoms with E-state index in [1.165, 1.54) is 19.5 Å². The maximum absolute atomic E-state index is 11.7. The molecule has 1 amide bonds. The smallest absolute Gasteiger partial charge is 0.276 e. The number of nitrogens with one attached hydrogen (secondary N) is 2. The molecule has 106 valence electrons. The number of rotatable bonds is 3. The van der Waals surface area contributed by atoms with Gasteiger partial charge in [0.25, 0.3) is 5.56 Å². The van der Waals surface area contributed by atoms with Crippen LogP contribution in [0.3, 0.4) is 0 Å². The van der Waals surface area contributed by atoms with Crippen molar-refractivity contribution in [3.8, 4) is 17.1 Å². The van der Waals surface area contributed by atoms with Gasteiger partial charge in [0.1, 0.15) is 11.6 Å². The summed E-state index contributed by atoms with van der Waals surface area (Å²) in [5.74, 6) is 0.284. The SMILES string of the molecule is COc1cc(C(N)=O)ccc1-c1nc2nc[nH]c(=O)c2[nH]1. The number of hydrogen-bond donors (Lipinski definition) is 3. The molecule has 0 aliphatic carbocycles. The molecule has 0 aliphatic heterocycles. The zero-order valence-corrected chi connectivity index (χ0v) is 11.0. The number of imidazole rings is 1. The van der Waals surface area contributed by atoms with Crippen molar-refractivity contribution in [2.24, 2.45) is 5.73 Å². The van der Waals surface area contributed by atoms with E-state index in [1.807, 2.05) is 0 Å². The zero-order chi connectivity index (χ0) is 15.0. The van der Waals surface area contributed by atoms with Crippen LogP contribution in [0.5, 0.6) is 5.75 Å². The van der Waals surface area contributed by atoms with Crippen molar-refractivity contribution in [2.75, 3.05) is 7.11 Å². The molecule has 8 nitrogen and oxygen atoms in total. The van der Waals surface area contributed by atoms with Crippen LogP contribution in [0.2, 0.25) is 0 Å². The van der Waals surface area contributed by atoms with Gasteiger partial charge in [-0.3, -0.25) is 9.59 Å². The van der Waals surface area contributed by atoms with E-state index in [-0.39, 0.29) is 11.1 Å². The Labute approximate surface area is 118 Å². The lowest BCUT2D eigenvalue weighted by molar-refractivity contribution is 0.1000. The number of carbonyl (C=O) groups excluding carboxylic acids is 1. The summed E-state index contributed by atoms with van der Waals surface area (Å²) in [4.78, 5) is 36.4. The van der Waals surface area contributed by atoms with Crippen LogP contribution in [0.1, 0.15) is 10.4 Å². The van der Waals surface area contributed by atoms with Crippen molar-refractivity contribution in [1.82, 2.24) is 19.9 Å². The number of H-pyrrole nitrogens is 2. The van der Waals surface area contributed by atoms with E-state index in [0.29, 0.717) is 28.3 Å². The first kappa shape index (κ1) is 12.9. The van der Waals surface area contributed by atoms with Crippen LogP contribution in [-0.4, -0.2) is 33.0 Å². The first-order valence-corrected chi connectivity index (χ1v) is 6.02. The monoisotopic (exact) mass is 285 g/mol. The number of ether oxygens (including phenoxy) is 1. The summed E-state index contributed by atoms with van der Waals surface area (Å²) in [6, 6.07) is 4.72. The van der Waals surface area contributed by atoms with E-state index in [4.69, 9.17) is 10.5 Å². The Morgan fingerprint density at radius 3 is 2.86 bits per heavy atom. The maximum Gasteiger partial charge on any atom is 0.276 e. The van der Waals surface area contributed by atoms with Crippen LogP contribution in [0, 0.1) is 0 Å². The number of nitrogens with zero attached hydrogens (tertiary/aromatic N) is 2. The summed E-state index contributed by atoms with van der Waals surface area (Å²) in [5, 5.41) is 0. The van der Waals surface area contributed by atoms with Gasteiger partial charge < -0.3 is 20.4 Å². The van der Waals surface area contributed by atoms with Crippen LogP contribution < -0.4 is 16.0 Å². The molecule has 8 heteroatoms. The number of amides is 1. The lowest BCUT2D eigenvalue weighted by atomic mass is 10.1. The summed E-state index contributed by atoms with van der Waals surface area (Å²) in [5.41, 5.74) is 6.41. The maximum atomic E-state index is 11.7. The third kappa shape index (κ3) is 2.12. The fraction of sp³-hybridized carbons (Fsp3) is 0.0769. The second-order valence-electron chi connectivity index (χ2n) is 4.29. The Kier molecular flexibility index (Phi) is 2.90. The molecule has 0 unspecified atom stereocenters. The number of nitrogens with two attached hydrogens (primary N) is 1. The molecule has 4 N–H and O–H groups in total. The molecule has 0 atom stereocenters. The summed E-state index contributed by atoms with van der Waals surface area (Å²) in [6.45, 7) is 0. The fourth-order valence-electron chi connectivity index (χ4n) is 2.01. The number of primary amides is 1. The topological polar surface area (TPSA) is 127 Å². The van der Waals surface area contributed by atoms with Crippen molar-refractivity contribution in [1.29, 1.82) is 0 Å². The van der Waals surface area contributed by atoms with Gasteiger partial charge >= 0.3 is 0 Å². The number of fused-ring (bicyclic) bond motifs is 1. The predicted molar refractivity (Wildman–Crippen MR) is 75.0 cm³/mol. The molecule has 0 radical (unpaired) electrons. The van der Waals surface area contributed by atoms with Crippen LogP contribution >= 0.6 is 0 Å². The van der Waals surface area contributed by atoms with Crippen molar-refractivity contribution < 1.29 is 9.53 Å². The molecule has 0 saturated heterocycles. The van der Waals surface area contributed by atoms with Gasteiger partial charge in [0, 0.05) is 5.56 Å². The minimum atomic E-state index is -0.553. The lowest BCUT2D eigenvalue weighted by Crippen LogP contribution is -2.11. The predicted octanol–water partition coefficient (Wildman–Crippen LogP) is 0.421. The normalized spacial score (nSPS) is 10.7. The summed E-state index contributed by atoms with van der Waals surface area (Å²) >= 11 is 0. The fourth-order valence-corrected chi connectivity index (χ4v) is 2.01. The van der Waals surface area contributed by atoms with Gasteiger partial charge in [-0.25, -0.2) is 9.97 Å². The second kappa shape index (κ2) is 4.75. The Morgan fingerprint density at radius 1 is 1.38 bits per heavy atom. The van der Waals surface area contributed by atoms with E-state index >= 15 is 0 Å². The third-order valence-corrected chi connectivity index (χ3v) is 3.04. The number of aromatic nitrogens is 4. The molecule has 21 heavy (non-hydrogen) atoms. The van der Waals surface area contributed by atoms with Crippen molar-refractivity contribution in [3.05, 3.63) is 40.4 Å². The Morgan fingerprint density at radius 2 is 2.19 bits per heavy atom. The van der Waals surface area contributed by atoms with Gasteiger partial charge in [-0.2, -0.15) is 0 Å². The molecule has 0 fully saturated rings. The number of aromatic amines is 2. The van der Waals surface area contributed by atoms with E-state index < -0.39 is 5.91 Å². The van der Waals surface area contributed by atoms with E-state index in [0.717, 1.165) is 0 Å². The Bertz CT molecular complexity index is 896. The minimum Gasteiger partial charge on any atom is -0.496 e. The van der Waals surface area contributed by atoms with Gasteiger partial charge in [-0.1, -0.05) is 0 Å². The molecule has 2 aromatic heterocycles. The average Bonchev–Trinajstić information content (AvgIpc) is 2.91. The molecule has 0 saturated carbocycles. The highest BCUT2D eigenvalue weighted by Crippen LogP contribution is 2.29. The van der Waals surface area contributed by atoms with Crippen LogP contribution in [0.4, 0.5) is 0 Å². The van der Waals surface area contributed by atoms with Gasteiger partial charge in [-0.15, -0.1) is 0 Å². The molecular formula is C13H11N5O3. The standard InChI is InChI=1S/C13H11N5O3/c1-21-8-4-6(10(14)19)2-3-7(8)11-17-9-12(18-11)15-5-16-13(9)20/h2-5H,1H3,(H2,14,19)(H2,15,16,17,18,20). The van der Waals surface area contributed by atoms with Crippen molar-refractivity contribution in [2.45, 2.75) is 0 Å². The highest BCUT2D eigenvalue weighted by atomic mass is 16.5. The second-order valence-corrected chi connectivity index (χ2v) is 4.29. The summed E-state index contributed by atoms with van der Waals surface area (Å²) < 4.78 is 5.24. The molecule has 3 aromatic rings. The molecular weight excluding hydrogens is 274 g/mol. The van der Waals surface area contributed by atoms with Gasteiger partial charge in [-0.05, 0) is 18.2 Å². The largest absolute Gasteiger partial charge is 0.496 e. The number of benzene rings is 1. The van der Waals surface area contributed by atoms with Gasteiger partial charge in [0.2, 0.25) is 5.91 Å². The number of methoxy groups -OCH3 is 1. The van der Waals surface area contributed by atoms with E-state index in [2.05, 4.69) is 19.9 Å². The summed E-state index contributed by atoms with van der Waals surface area (Å²) in [7, 11) is 1.47. The first-order valence-electron chi connectivity index (χ1n) is 6.02. The highest BCUT2D eigenvalue weighted by Gasteiger charge is 2.14. The zero-order valence-electron chi connectivity index (χ0n) is 11.0. The Hall–Kier alpha value is -3.16. The lowest BCUT2D eigenvalue weighted by Gasteiger charge is -2.07. The van der Waals surface area contributed by atoms with Crippen molar-refractivity contribution in [3.63, 3.8) is 0 Å². The number of hydrogen-bond acceptors (Lipinski definition) is 5. The molecule has 1 aromatic carbocycles. The molecule has 2 heterocycles. The summed E-state index contributed by atoms with van der Waals surface area (Å²) in [6.07, 6.45) is 1.28. The molecule has 0 aliphatic rings. The molecule has 3 rings (SSSR count). The van der Waals surface area contributed by atoms with Gasteiger partial charge in [0.05, 0.1) is 19.0 Å². The highest BCUT2D eigenvalue weighted by molar-refractivity contribution is 5.94. The van der Waals surface area contributed by atoms with E-state index in [9.17, 15) is 9.59 Å². The van der Waals surface area contributed by atoms with Crippen LogP contribution in [0.15, 0.2) is 29.3 Å². The first-order chi connectivity index (χ1) is 10.1. The van der Waals surface area contributed by atoms with Crippen molar-refractivity contribution >= 4 is 17.1 Å². The molecule has 0 bridgehead atoms. The number of carbonyl (C=O) groups is 1. The Balaban J connectivity index is 2.20. The average molecular weight is 285 g/mol. The van der Waals surface area contributed by atoms with Crippen LogP contribution in [0.25, 0.3) is 22.6 Å². The quantitative estimate of drug-likeness (QED) is 0.642.